The molecular weight excluding hydrogens is 522 g/mol. The summed E-state index contributed by atoms with van der Waals surface area (Å²) in [6.45, 7) is -0.629. The van der Waals surface area contributed by atoms with Crippen LogP contribution in [0.5, 0.6) is 0 Å². The number of nitrogens with one attached hydrogen (secondary N) is 1. The maximum absolute atomic E-state index is 13.3. The van der Waals surface area contributed by atoms with E-state index in [2.05, 4.69) is 5.16 Å². The average molecular weight is 537 g/mol. The van der Waals surface area contributed by atoms with Gasteiger partial charge in [0.15, 0.2) is 0 Å². The summed E-state index contributed by atoms with van der Waals surface area (Å²) < 4.78 is 103. The predicted molar refractivity (Wildman–Crippen MR) is 118 cm³/mol. The number of benzene rings is 3. The predicted octanol–water partition coefficient (Wildman–Crippen LogP) is 6.59. The molecule has 3 aromatic rings. The third kappa shape index (κ3) is 6.45. The van der Waals surface area contributed by atoms with Crippen LogP contribution < -0.4 is 4.72 Å². The van der Waals surface area contributed by atoms with Crippen molar-refractivity contribution in [2.45, 2.75) is 18.3 Å². The highest BCUT2D eigenvalue weighted by atomic mass is 35.5. The van der Waals surface area contributed by atoms with Crippen molar-refractivity contribution in [3.8, 4) is 0 Å². The van der Waals surface area contributed by atoms with Crippen molar-refractivity contribution in [1.29, 1.82) is 0 Å². The van der Waals surface area contributed by atoms with Crippen molar-refractivity contribution in [2.75, 3.05) is 4.72 Å². The molecule has 0 radical (unpaired) electrons. The van der Waals surface area contributed by atoms with Crippen LogP contribution in [-0.4, -0.2) is 19.6 Å². The van der Waals surface area contributed by atoms with E-state index < -0.39 is 39.6 Å². The number of alkyl halides is 6. The Labute approximate surface area is 201 Å². The van der Waals surface area contributed by atoms with Crippen molar-refractivity contribution in [3.63, 3.8) is 0 Å². The topological polar surface area (TPSA) is 67.8 Å². The molecule has 35 heavy (non-hydrogen) atoms. The molecule has 0 atom stereocenters. The molecule has 1 N–H and O–H groups in total. The van der Waals surface area contributed by atoms with E-state index in [0.717, 1.165) is 24.3 Å². The zero-order valence-electron chi connectivity index (χ0n) is 17.4. The van der Waals surface area contributed by atoms with Crippen LogP contribution in [0.25, 0.3) is 0 Å². The lowest BCUT2D eigenvalue weighted by Gasteiger charge is -2.16. The van der Waals surface area contributed by atoms with Gasteiger partial charge in [-0.25, -0.2) is 0 Å². The van der Waals surface area contributed by atoms with E-state index in [9.17, 15) is 34.8 Å². The Morgan fingerprint density at radius 1 is 0.914 bits per heavy atom. The fraction of sp³-hybridized carbons (Fsp3) is 0.136. The molecule has 0 aromatic heterocycles. The molecule has 5 nitrogen and oxygen atoms in total. The Hall–Kier alpha value is -3.25. The number of sulfonamides is 1. The first-order chi connectivity index (χ1) is 16.3. The van der Waals surface area contributed by atoms with Crippen LogP contribution in [0.1, 0.15) is 22.3 Å². The molecule has 0 saturated heterocycles. The molecule has 0 amide bonds. The molecule has 0 heterocycles. The second-order valence-electron chi connectivity index (χ2n) is 6.98. The van der Waals surface area contributed by atoms with Crippen molar-refractivity contribution in [3.05, 3.63) is 100 Å². The summed E-state index contributed by atoms with van der Waals surface area (Å²) >= 11 is 5.99. The Bertz CT molecular complexity index is 1330. The van der Waals surface area contributed by atoms with Gasteiger partial charge in [-0.3, -0.25) is 4.72 Å². The number of hydrogen-bond donors (Lipinski definition) is 1. The molecule has 0 fully saturated rings. The Morgan fingerprint density at radius 3 is 2.17 bits per heavy atom. The van der Waals surface area contributed by atoms with Crippen molar-refractivity contribution < 1.29 is 39.6 Å². The van der Waals surface area contributed by atoms with Gasteiger partial charge in [0.05, 0.1) is 11.3 Å². The molecule has 13 heteroatoms. The summed E-state index contributed by atoms with van der Waals surface area (Å²) in [6.07, 6.45) is -4.65. The van der Waals surface area contributed by atoms with Gasteiger partial charge in [0, 0.05) is 21.7 Å². The number of anilines is 1. The minimum atomic E-state index is -5.80. The van der Waals surface area contributed by atoms with Gasteiger partial charge in [-0.2, -0.15) is 34.8 Å². The first kappa shape index (κ1) is 26.4. The molecular formula is C22H15ClF6N2O3S. The fourth-order valence-corrected chi connectivity index (χ4v) is 3.70. The highest BCUT2D eigenvalue weighted by Crippen LogP contribution is 2.33. The van der Waals surface area contributed by atoms with Gasteiger partial charge in [-0.15, -0.1) is 0 Å². The van der Waals surface area contributed by atoms with Gasteiger partial charge in [0.1, 0.15) is 12.3 Å². The van der Waals surface area contributed by atoms with Crippen molar-refractivity contribution in [1.82, 2.24) is 0 Å². The number of oxime groups is 1. The SMILES string of the molecule is O=S(=O)(Nc1ccc(Cl)cc1C(=NOCc1ccccc1C(F)(F)F)c1ccccc1)C(F)(F)F. The maximum atomic E-state index is 13.3. The highest BCUT2D eigenvalue weighted by Gasteiger charge is 2.46. The lowest BCUT2D eigenvalue weighted by atomic mass is 10.0. The monoisotopic (exact) mass is 536 g/mol. The van der Waals surface area contributed by atoms with Gasteiger partial charge < -0.3 is 4.84 Å². The zero-order chi connectivity index (χ0) is 25.9. The minimum Gasteiger partial charge on any atom is -0.390 e. The quantitative estimate of drug-likeness (QED) is 0.210. The van der Waals surface area contributed by atoms with E-state index in [-0.39, 0.29) is 27.4 Å². The van der Waals surface area contributed by atoms with E-state index in [0.29, 0.717) is 0 Å². The number of nitrogens with zero attached hydrogens (tertiary/aromatic N) is 1. The minimum absolute atomic E-state index is 0.0287. The maximum Gasteiger partial charge on any atom is 0.516 e. The molecule has 3 rings (SSSR count). The number of halogens is 7. The normalized spacial score (nSPS) is 12.9. The van der Waals surface area contributed by atoms with Gasteiger partial charge in [-0.05, 0) is 24.3 Å². The molecule has 3 aromatic carbocycles. The number of rotatable bonds is 7. The Morgan fingerprint density at radius 2 is 1.54 bits per heavy atom. The van der Waals surface area contributed by atoms with E-state index >= 15 is 0 Å². The van der Waals surface area contributed by atoms with Gasteiger partial charge in [-0.1, -0.05) is 65.3 Å². The molecule has 0 bridgehead atoms. The van der Waals surface area contributed by atoms with Crippen LogP contribution in [0.4, 0.5) is 32.0 Å². The lowest BCUT2D eigenvalue weighted by Crippen LogP contribution is -2.30. The van der Waals surface area contributed by atoms with Gasteiger partial charge in [0.2, 0.25) is 0 Å². The molecule has 186 valence electrons. The van der Waals surface area contributed by atoms with Crippen molar-refractivity contribution in [2.24, 2.45) is 5.16 Å². The largest absolute Gasteiger partial charge is 0.516 e. The summed E-state index contributed by atoms with van der Waals surface area (Å²) in [5.41, 5.74) is -7.40. The summed E-state index contributed by atoms with van der Waals surface area (Å²) in [5, 5.41) is 3.88. The Balaban J connectivity index is 2.06. The van der Waals surface area contributed by atoms with Crippen LogP contribution in [0.15, 0.2) is 78.0 Å². The van der Waals surface area contributed by atoms with Gasteiger partial charge >= 0.3 is 21.7 Å². The van der Waals surface area contributed by atoms with Crippen LogP contribution in [-0.2, 0) is 27.6 Å². The van der Waals surface area contributed by atoms with E-state index in [1.54, 1.807) is 18.2 Å². The van der Waals surface area contributed by atoms with Crippen LogP contribution in [0, 0.1) is 0 Å². The molecule has 0 aliphatic rings. The smallest absolute Gasteiger partial charge is 0.390 e. The zero-order valence-corrected chi connectivity index (χ0v) is 18.9. The van der Waals surface area contributed by atoms with E-state index in [4.69, 9.17) is 16.4 Å². The molecule has 0 aliphatic heterocycles. The lowest BCUT2D eigenvalue weighted by molar-refractivity contribution is -0.138. The summed E-state index contributed by atoms with van der Waals surface area (Å²) in [6, 6.07) is 15.7. The standard InChI is InChI=1S/C22H15ClF6N2O3S/c23-16-10-11-19(31-35(32,33)22(27,28)29)17(12-16)20(14-6-2-1-3-7-14)30-34-13-15-8-4-5-9-18(15)21(24,25)26/h1-12,31H,13H2. The van der Waals surface area contributed by atoms with Crippen LogP contribution in [0.3, 0.4) is 0 Å². The average Bonchev–Trinajstić information content (AvgIpc) is 2.77. The van der Waals surface area contributed by atoms with Gasteiger partial charge in [0.25, 0.3) is 0 Å². The van der Waals surface area contributed by atoms with Crippen molar-refractivity contribution >= 4 is 33.0 Å². The molecule has 0 spiro atoms. The first-order valence-corrected chi connectivity index (χ1v) is 11.5. The highest BCUT2D eigenvalue weighted by molar-refractivity contribution is 7.93. The summed E-state index contributed by atoms with van der Waals surface area (Å²) in [4.78, 5) is 5.16. The third-order valence-corrected chi connectivity index (χ3v) is 5.86. The van der Waals surface area contributed by atoms with Crippen LogP contribution in [0.2, 0.25) is 5.02 Å². The van der Waals surface area contributed by atoms with E-state index in [1.165, 1.54) is 35.1 Å². The number of hydrogen-bond acceptors (Lipinski definition) is 4. The molecule has 0 saturated carbocycles. The molecule has 0 unspecified atom stereocenters. The second-order valence-corrected chi connectivity index (χ2v) is 9.09. The fourth-order valence-electron chi connectivity index (χ4n) is 2.95. The summed E-state index contributed by atoms with van der Waals surface area (Å²) in [5.74, 6) is 0. The first-order valence-electron chi connectivity index (χ1n) is 9.59. The second kappa shape index (κ2) is 10.2. The van der Waals surface area contributed by atoms with E-state index in [1.807, 2.05) is 0 Å². The summed E-state index contributed by atoms with van der Waals surface area (Å²) in [7, 11) is -5.80. The third-order valence-electron chi connectivity index (χ3n) is 4.53. The molecule has 0 aliphatic carbocycles. The van der Waals surface area contributed by atoms with Crippen LogP contribution >= 0.6 is 11.6 Å². The Kier molecular flexibility index (Phi) is 7.65.